The van der Waals surface area contributed by atoms with E-state index in [1.807, 2.05) is 0 Å². The Hall–Kier alpha value is 1.06. The predicted molar refractivity (Wildman–Crippen MR) is 44.2 cm³/mol. The van der Waals surface area contributed by atoms with Gasteiger partial charge in [-0.25, -0.2) is 0 Å². The molecule has 2 heteroatoms. The zero-order valence-corrected chi connectivity index (χ0v) is 10.3. The molecule has 0 aromatic heterocycles. The van der Waals surface area contributed by atoms with Gasteiger partial charge in [0.05, 0.1) is 0 Å². The molecule has 0 saturated carbocycles. The zero-order chi connectivity index (χ0) is 7.40. The molecule has 1 atom stereocenters. The fraction of sp³-hybridized carbons (Fsp3) is 0.778. The molecule has 1 radical (unpaired) electrons. The van der Waals surface area contributed by atoms with Gasteiger partial charge in [-0.2, -0.15) is 12.3 Å². The first-order valence-electron chi connectivity index (χ1n) is 4.17. The first kappa shape index (κ1) is 12.1. The maximum Gasteiger partial charge on any atom is 0 e. The topological polar surface area (TPSA) is 3.24 Å². The average molecular weight is 228 g/mol. The number of hydrogen-bond donors (Lipinski definition) is 0. The summed E-state index contributed by atoms with van der Waals surface area (Å²) in [4.78, 5) is 2.31. The molecule has 11 heavy (non-hydrogen) atoms. The average Bonchev–Trinajstić information content (AvgIpc) is 1.88. The van der Waals surface area contributed by atoms with Crippen LogP contribution >= 0.6 is 0 Å². The second kappa shape index (κ2) is 6.57. The fourth-order valence-corrected chi connectivity index (χ4v) is 1.59. The van der Waals surface area contributed by atoms with E-state index in [9.17, 15) is 0 Å². The minimum Gasteiger partial charge on any atom is -0.459 e. The molecule has 0 aliphatic carbocycles. The van der Waals surface area contributed by atoms with E-state index in [0.717, 1.165) is 12.3 Å². The van der Waals surface area contributed by atoms with Gasteiger partial charge in [-0.05, 0) is 20.0 Å². The van der Waals surface area contributed by atoms with Gasteiger partial charge in [0.25, 0.3) is 0 Å². The molecule has 0 N–H and O–H groups in total. The van der Waals surface area contributed by atoms with Gasteiger partial charge >= 0.3 is 0 Å². The van der Waals surface area contributed by atoms with Crippen molar-refractivity contribution in [2.45, 2.75) is 25.7 Å². The van der Waals surface area contributed by atoms with Crippen LogP contribution in [0.4, 0.5) is 0 Å². The molecule has 1 nitrogen and oxygen atoms in total. The van der Waals surface area contributed by atoms with Crippen LogP contribution in [-0.2, 0) is 32.7 Å². The third-order valence-electron chi connectivity index (χ3n) is 2.13. The summed E-state index contributed by atoms with van der Waals surface area (Å²) in [5, 5.41) is 0. The Morgan fingerprint density at radius 1 is 1.64 bits per heavy atom. The molecular formula is C9H17NY-2. The van der Waals surface area contributed by atoms with Crippen molar-refractivity contribution in [2.24, 2.45) is 5.92 Å². The standard InChI is InChI=1S/C9H17N.Y/c1-3-5-9-6-4-7-10(2)8-9;/h8-9H,1,3-7H2,2H3;/q-2;. The van der Waals surface area contributed by atoms with Crippen molar-refractivity contribution in [3.8, 4) is 0 Å². The number of piperidine rings is 1. The van der Waals surface area contributed by atoms with Crippen molar-refractivity contribution < 1.29 is 32.7 Å². The van der Waals surface area contributed by atoms with Crippen LogP contribution in [0.1, 0.15) is 25.7 Å². The molecule has 1 unspecified atom stereocenters. The first-order valence-corrected chi connectivity index (χ1v) is 4.17. The molecule has 1 saturated heterocycles. The first-order chi connectivity index (χ1) is 4.83. The summed E-state index contributed by atoms with van der Waals surface area (Å²) >= 11 is 0. The Morgan fingerprint density at radius 3 is 2.91 bits per heavy atom. The van der Waals surface area contributed by atoms with Gasteiger partial charge in [-0.15, -0.1) is 6.42 Å². The van der Waals surface area contributed by atoms with Crippen molar-refractivity contribution in [2.75, 3.05) is 13.6 Å². The van der Waals surface area contributed by atoms with E-state index in [1.165, 1.54) is 25.8 Å². The Morgan fingerprint density at radius 2 is 2.36 bits per heavy atom. The third kappa shape index (κ3) is 4.60. The molecule has 1 rings (SSSR count). The zero-order valence-electron chi connectivity index (χ0n) is 7.42. The van der Waals surface area contributed by atoms with E-state index < -0.39 is 0 Å². The van der Waals surface area contributed by atoms with Crippen LogP contribution < -0.4 is 0 Å². The second-order valence-corrected chi connectivity index (χ2v) is 3.17. The molecule has 1 aliphatic heterocycles. The van der Waals surface area contributed by atoms with Gasteiger partial charge in [-0.1, -0.05) is 6.42 Å². The number of rotatable bonds is 2. The summed E-state index contributed by atoms with van der Waals surface area (Å²) in [6.45, 7) is 7.47. The predicted octanol–water partition coefficient (Wildman–Crippen LogP) is 2.10. The molecule has 0 aromatic rings. The Labute approximate surface area is 95.8 Å². The molecule has 0 aromatic carbocycles. The van der Waals surface area contributed by atoms with Gasteiger partial charge in [0.1, 0.15) is 0 Å². The molecule has 1 fully saturated rings. The minimum absolute atomic E-state index is 0. The molecule has 1 heterocycles. The fourth-order valence-electron chi connectivity index (χ4n) is 1.59. The summed E-state index contributed by atoms with van der Waals surface area (Å²) in [6.07, 6.45) is 5.08. The molecule has 0 bridgehead atoms. The smallest absolute Gasteiger partial charge is 0 e. The van der Waals surface area contributed by atoms with Crippen molar-refractivity contribution in [1.29, 1.82) is 0 Å². The summed E-state index contributed by atoms with van der Waals surface area (Å²) in [5.74, 6) is 0.816. The Kier molecular flexibility index (Phi) is 7.20. The maximum absolute atomic E-state index is 3.87. The molecule has 0 amide bonds. The largest absolute Gasteiger partial charge is 0.459 e. The quantitative estimate of drug-likeness (QED) is 0.654. The summed E-state index contributed by atoms with van der Waals surface area (Å²) in [6, 6.07) is 0. The van der Waals surface area contributed by atoms with Crippen LogP contribution in [0.25, 0.3) is 0 Å². The SMILES string of the molecule is [CH2-]CCC1[CH-]N(C)CCC1.[Y]. The normalized spacial score (nSPS) is 26.2. The van der Waals surface area contributed by atoms with Gasteiger partial charge in [-0.3, -0.25) is 6.54 Å². The van der Waals surface area contributed by atoms with E-state index in [1.54, 1.807) is 0 Å². The van der Waals surface area contributed by atoms with Crippen molar-refractivity contribution in [1.82, 2.24) is 4.90 Å². The summed E-state index contributed by atoms with van der Waals surface area (Å²) in [7, 11) is 2.16. The van der Waals surface area contributed by atoms with Crippen LogP contribution in [0.5, 0.6) is 0 Å². The van der Waals surface area contributed by atoms with Crippen molar-refractivity contribution >= 4 is 0 Å². The van der Waals surface area contributed by atoms with Crippen molar-refractivity contribution in [3.05, 3.63) is 13.5 Å². The van der Waals surface area contributed by atoms with E-state index in [2.05, 4.69) is 25.4 Å². The maximum atomic E-state index is 3.87. The number of hydrogen-bond acceptors (Lipinski definition) is 1. The van der Waals surface area contributed by atoms with Gasteiger partial charge < -0.3 is 11.8 Å². The molecular weight excluding hydrogens is 211 g/mol. The molecule has 1 aliphatic rings. The molecule has 63 valence electrons. The van der Waals surface area contributed by atoms with Gasteiger partial charge in [0, 0.05) is 32.7 Å². The Bertz CT molecular complexity index is 93.6. The summed E-state index contributed by atoms with van der Waals surface area (Å²) in [5.41, 5.74) is 0. The summed E-state index contributed by atoms with van der Waals surface area (Å²) < 4.78 is 0. The van der Waals surface area contributed by atoms with Crippen LogP contribution in [0.2, 0.25) is 0 Å². The van der Waals surface area contributed by atoms with Gasteiger partial charge in [0.15, 0.2) is 0 Å². The van der Waals surface area contributed by atoms with Crippen LogP contribution in [0, 0.1) is 19.4 Å². The third-order valence-corrected chi connectivity index (χ3v) is 2.13. The van der Waals surface area contributed by atoms with E-state index in [-0.39, 0.29) is 32.7 Å². The van der Waals surface area contributed by atoms with Crippen molar-refractivity contribution in [3.63, 3.8) is 0 Å². The van der Waals surface area contributed by atoms with Crippen LogP contribution in [0.3, 0.4) is 0 Å². The van der Waals surface area contributed by atoms with Crippen LogP contribution in [-0.4, -0.2) is 18.5 Å². The number of likely N-dealkylation sites (tertiary alicyclic amines) is 1. The van der Waals surface area contributed by atoms with E-state index in [0.29, 0.717) is 0 Å². The number of nitrogens with zero attached hydrogens (tertiary/aromatic N) is 1. The van der Waals surface area contributed by atoms with Gasteiger partial charge in [0.2, 0.25) is 0 Å². The minimum atomic E-state index is 0. The monoisotopic (exact) mass is 228 g/mol. The van der Waals surface area contributed by atoms with E-state index >= 15 is 0 Å². The van der Waals surface area contributed by atoms with Crippen LogP contribution in [0.15, 0.2) is 0 Å². The second-order valence-electron chi connectivity index (χ2n) is 3.17. The molecule has 0 spiro atoms. The Balaban J connectivity index is 0.000001000. The van der Waals surface area contributed by atoms with E-state index in [4.69, 9.17) is 0 Å².